The van der Waals surface area contributed by atoms with Gasteiger partial charge >= 0.3 is 6.01 Å². The lowest BCUT2D eigenvalue weighted by Gasteiger charge is -2.29. The molecule has 2 N–H and O–H groups in total. The molecule has 0 aliphatic carbocycles. The zero-order valence-electron chi connectivity index (χ0n) is 17.0. The van der Waals surface area contributed by atoms with Crippen molar-refractivity contribution in [2.45, 2.75) is 32.4 Å². The monoisotopic (exact) mass is 451 g/mol. The van der Waals surface area contributed by atoms with E-state index in [0.717, 1.165) is 16.7 Å². The van der Waals surface area contributed by atoms with Crippen LogP contribution in [0.3, 0.4) is 0 Å². The fourth-order valence-electron chi connectivity index (χ4n) is 3.90. The van der Waals surface area contributed by atoms with Gasteiger partial charge in [-0.3, -0.25) is 19.7 Å². The number of hydrogen-bond donors (Lipinski definition) is 2. The van der Waals surface area contributed by atoms with E-state index in [0.29, 0.717) is 28.5 Å². The van der Waals surface area contributed by atoms with E-state index in [2.05, 4.69) is 20.8 Å². The SMILES string of the molecule is Cc1ccc(-c2noc(Nc3ccc4c(c3)CN(C3CCC(=O)NC3=O)C4=O)n2)cc1Cl. The number of aromatic nitrogens is 2. The van der Waals surface area contributed by atoms with Crippen molar-refractivity contribution >= 4 is 41.0 Å². The van der Waals surface area contributed by atoms with Gasteiger partial charge in [0.05, 0.1) is 0 Å². The molecular weight excluding hydrogens is 434 g/mol. The summed E-state index contributed by atoms with van der Waals surface area (Å²) in [6.45, 7) is 2.20. The minimum absolute atomic E-state index is 0.197. The van der Waals surface area contributed by atoms with Crippen molar-refractivity contribution in [3.8, 4) is 11.4 Å². The Bertz CT molecular complexity index is 1270. The molecule has 5 rings (SSSR count). The zero-order chi connectivity index (χ0) is 22.4. The number of aryl methyl sites for hydroxylation is 1. The average Bonchev–Trinajstić information content (AvgIpc) is 3.35. The van der Waals surface area contributed by atoms with E-state index in [1.807, 2.05) is 25.1 Å². The van der Waals surface area contributed by atoms with Crippen molar-refractivity contribution < 1.29 is 18.9 Å². The fraction of sp³-hybridized carbons (Fsp3) is 0.227. The number of benzene rings is 2. The Morgan fingerprint density at radius 1 is 1.19 bits per heavy atom. The molecule has 1 unspecified atom stereocenters. The molecule has 0 bridgehead atoms. The van der Waals surface area contributed by atoms with Crippen LogP contribution in [0.1, 0.15) is 34.3 Å². The molecule has 10 heteroatoms. The van der Waals surface area contributed by atoms with Gasteiger partial charge in [-0.1, -0.05) is 28.9 Å². The summed E-state index contributed by atoms with van der Waals surface area (Å²) in [4.78, 5) is 42.2. The molecule has 9 nitrogen and oxygen atoms in total. The summed E-state index contributed by atoms with van der Waals surface area (Å²) in [6, 6.07) is 10.3. The quantitative estimate of drug-likeness (QED) is 0.585. The summed E-state index contributed by atoms with van der Waals surface area (Å²) in [7, 11) is 0. The van der Waals surface area contributed by atoms with Crippen LogP contribution < -0.4 is 10.6 Å². The van der Waals surface area contributed by atoms with Gasteiger partial charge in [0.1, 0.15) is 6.04 Å². The summed E-state index contributed by atoms with van der Waals surface area (Å²) >= 11 is 6.18. The standard InChI is InChI=1S/C22H18ClN5O4/c1-11-2-3-12(9-16(11)23)19-26-22(32-27-19)24-14-4-5-15-13(8-14)10-28(21(15)31)17-6-7-18(29)25-20(17)30/h2-5,8-9,17H,6-7,10H2,1H3,(H,24,26,27)(H,25,29,30). The van der Waals surface area contributed by atoms with E-state index in [-0.39, 0.29) is 30.8 Å². The van der Waals surface area contributed by atoms with Crippen LogP contribution >= 0.6 is 11.6 Å². The van der Waals surface area contributed by atoms with E-state index >= 15 is 0 Å². The van der Waals surface area contributed by atoms with Crippen molar-refractivity contribution in [3.63, 3.8) is 0 Å². The summed E-state index contributed by atoms with van der Waals surface area (Å²) in [6.07, 6.45) is 0.540. The van der Waals surface area contributed by atoms with Crippen molar-refractivity contribution in [1.29, 1.82) is 0 Å². The van der Waals surface area contributed by atoms with Gasteiger partial charge in [0.2, 0.25) is 17.6 Å². The third kappa shape index (κ3) is 3.60. The Labute approximate surface area is 187 Å². The number of nitrogens with zero attached hydrogens (tertiary/aromatic N) is 3. The van der Waals surface area contributed by atoms with E-state index < -0.39 is 11.9 Å². The van der Waals surface area contributed by atoms with Gasteiger partial charge in [-0.05, 0) is 48.7 Å². The maximum atomic E-state index is 12.8. The highest BCUT2D eigenvalue weighted by Gasteiger charge is 2.39. The Kier molecular flexibility index (Phi) is 4.90. The van der Waals surface area contributed by atoms with Gasteiger partial charge in [0, 0.05) is 34.8 Å². The largest absolute Gasteiger partial charge is 0.326 e. The molecule has 32 heavy (non-hydrogen) atoms. The highest BCUT2D eigenvalue weighted by molar-refractivity contribution is 6.31. The Morgan fingerprint density at radius 3 is 2.81 bits per heavy atom. The van der Waals surface area contributed by atoms with Gasteiger partial charge in [-0.2, -0.15) is 4.98 Å². The first kappa shape index (κ1) is 20.2. The van der Waals surface area contributed by atoms with Crippen LogP contribution in [0.4, 0.5) is 11.7 Å². The number of fused-ring (bicyclic) bond motifs is 1. The van der Waals surface area contributed by atoms with E-state index in [4.69, 9.17) is 16.1 Å². The first-order valence-corrected chi connectivity index (χ1v) is 10.4. The molecule has 0 radical (unpaired) electrons. The fourth-order valence-corrected chi connectivity index (χ4v) is 4.08. The maximum Gasteiger partial charge on any atom is 0.326 e. The second-order valence-electron chi connectivity index (χ2n) is 7.78. The Morgan fingerprint density at radius 2 is 2.03 bits per heavy atom. The van der Waals surface area contributed by atoms with Gasteiger partial charge in [-0.15, -0.1) is 0 Å². The number of hydrogen-bond acceptors (Lipinski definition) is 7. The molecule has 162 valence electrons. The minimum atomic E-state index is -0.649. The lowest BCUT2D eigenvalue weighted by molar-refractivity contribution is -0.136. The molecule has 0 spiro atoms. The van der Waals surface area contributed by atoms with Crippen molar-refractivity contribution in [3.05, 3.63) is 58.1 Å². The number of carbonyl (C=O) groups is 3. The number of nitrogens with one attached hydrogen (secondary N) is 2. The minimum Gasteiger partial charge on any atom is -0.322 e. The molecule has 2 aliphatic heterocycles. The van der Waals surface area contributed by atoms with Crippen LogP contribution in [-0.2, 0) is 16.1 Å². The normalized spacial score (nSPS) is 18.0. The predicted octanol–water partition coefficient (Wildman–Crippen LogP) is 3.20. The van der Waals surface area contributed by atoms with Crippen LogP contribution in [0.5, 0.6) is 0 Å². The zero-order valence-corrected chi connectivity index (χ0v) is 17.8. The summed E-state index contributed by atoms with van der Waals surface area (Å²) in [5.41, 5.74) is 3.66. The lowest BCUT2D eigenvalue weighted by atomic mass is 10.0. The predicted molar refractivity (Wildman–Crippen MR) is 115 cm³/mol. The first-order chi connectivity index (χ1) is 15.4. The maximum absolute atomic E-state index is 12.8. The van der Waals surface area contributed by atoms with Gasteiger partial charge in [0.15, 0.2) is 0 Å². The molecule has 0 saturated carbocycles. The van der Waals surface area contributed by atoms with Crippen molar-refractivity contribution in [2.24, 2.45) is 0 Å². The second-order valence-corrected chi connectivity index (χ2v) is 8.19. The number of piperidine rings is 1. The van der Waals surface area contributed by atoms with Gasteiger partial charge in [-0.25, -0.2) is 0 Å². The van der Waals surface area contributed by atoms with Crippen LogP contribution in [-0.4, -0.2) is 38.8 Å². The van der Waals surface area contributed by atoms with Crippen molar-refractivity contribution in [1.82, 2.24) is 20.4 Å². The summed E-state index contributed by atoms with van der Waals surface area (Å²) in [5.74, 6) is -0.573. The topological polar surface area (TPSA) is 117 Å². The highest BCUT2D eigenvalue weighted by atomic mass is 35.5. The van der Waals surface area contributed by atoms with E-state index in [1.165, 1.54) is 4.90 Å². The van der Waals surface area contributed by atoms with Gasteiger partial charge in [0.25, 0.3) is 5.91 Å². The number of halogens is 1. The first-order valence-electron chi connectivity index (χ1n) is 10.0. The molecular formula is C22H18ClN5O4. The van der Waals surface area contributed by atoms with Crippen LogP contribution in [0.25, 0.3) is 11.4 Å². The summed E-state index contributed by atoms with van der Waals surface area (Å²) in [5, 5.41) is 9.95. The van der Waals surface area contributed by atoms with Crippen molar-refractivity contribution in [2.75, 3.05) is 5.32 Å². The highest BCUT2D eigenvalue weighted by Crippen LogP contribution is 2.31. The number of anilines is 2. The van der Waals surface area contributed by atoms with Crippen LogP contribution in [0, 0.1) is 6.92 Å². The summed E-state index contributed by atoms with van der Waals surface area (Å²) < 4.78 is 5.30. The molecule has 1 aromatic heterocycles. The second kappa shape index (κ2) is 7.76. The molecule has 2 aliphatic rings. The Hall–Kier alpha value is -3.72. The number of rotatable bonds is 4. The molecule has 1 atom stereocenters. The number of amides is 3. The van der Waals surface area contributed by atoms with E-state index in [1.54, 1.807) is 18.2 Å². The third-order valence-corrected chi connectivity index (χ3v) is 6.04. The van der Waals surface area contributed by atoms with Gasteiger partial charge < -0.3 is 14.7 Å². The molecule has 2 aromatic carbocycles. The third-order valence-electron chi connectivity index (χ3n) is 5.63. The van der Waals surface area contributed by atoms with Crippen LogP contribution in [0.15, 0.2) is 40.9 Å². The molecule has 1 fully saturated rings. The number of carbonyl (C=O) groups excluding carboxylic acids is 3. The molecule has 3 amide bonds. The van der Waals surface area contributed by atoms with E-state index in [9.17, 15) is 14.4 Å². The Balaban J connectivity index is 1.33. The van der Waals surface area contributed by atoms with Crippen LogP contribution in [0.2, 0.25) is 5.02 Å². The molecule has 3 heterocycles. The number of imide groups is 1. The average molecular weight is 452 g/mol. The smallest absolute Gasteiger partial charge is 0.322 e. The molecule has 3 aromatic rings. The molecule has 1 saturated heterocycles. The lowest BCUT2D eigenvalue weighted by Crippen LogP contribution is -2.52.